The van der Waals surface area contributed by atoms with Crippen LogP contribution in [0.1, 0.15) is 5.56 Å². The molecule has 0 atom stereocenters. The zero-order valence-corrected chi connectivity index (χ0v) is 11.2. The number of hydrogen-bond acceptors (Lipinski definition) is 3. The molecule has 88 valence electrons. The monoisotopic (exact) mass is 284 g/mol. The predicted molar refractivity (Wildman–Crippen MR) is 74.7 cm³/mol. The van der Waals surface area contributed by atoms with Crippen molar-refractivity contribution in [3.05, 3.63) is 52.1 Å². The normalized spacial score (nSPS) is 10.5. The Bertz CT molecular complexity index is 511. The van der Waals surface area contributed by atoms with Gasteiger partial charge in [-0.05, 0) is 23.8 Å². The molecule has 2 N–H and O–H groups in total. The second-order valence-corrected chi connectivity index (χ2v) is 5.23. The van der Waals surface area contributed by atoms with Crippen LogP contribution in [0.4, 0.5) is 5.69 Å². The lowest BCUT2D eigenvalue weighted by Crippen LogP contribution is -1.89. The van der Waals surface area contributed by atoms with Crippen molar-refractivity contribution in [2.45, 2.75) is 10.8 Å². The van der Waals surface area contributed by atoms with Crippen molar-refractivity contribution in [2.24, 2.45) is 0 Å². The van der Waals surface area contributed by atoms with Crippen LogP contribution in [0.3, 0.4) is 0 Å². The van der Waals surface area contributed by atoms with E-state index in [1.54, 1.807) is 23.9 Å². The van der Waals surface area contributed by atoms with Crippen molar-refractivity contribution in [3.8, 4) is 0 Å². The molecule has 0 saturated carbocycles. The van der Waals surface area contributed by atoms with Gasteiger partial charge in [-0.2, -0.15) is 0 Å². The first-order chi connectivity index (χ1) is 8.15. The van der Waals surface area contributed by atoms with Gasteiger partial charge in [0, 0.05) is 16.5 Å². The van der Waals surface area contributed by atoms with E-state index in [9.17, 15) is 0 Å². The SMILES string of the molecule is Nc1cc(Cl)nc(SCc2ccccc2Cl)c1. The summed E-state index contributed by atoms with van der Waals surface area (Å²) in [4.78, 5) is 4.18. The van der Waals surface area contributed by atoms with Gasteiger partial charge >= 0.3 is 0 Å². The molecule has 1 heterocycles. The van der Waals surface area contributed by atoms with Crippen LogP contribution in [0.25, 0.3) is 0 Å². The summed E-state index contributed by atoms with van der Waals surface area (Å²) in [5.41, 5.74) is 7.38. The second kappa shape index (κ2) is 5.63. The van der Waals surface area contributed by atoms with E-state index in [-0.39, 0.29) is 0 Å². The fraction of sp³-hybridized carbons (Fsp3) is 0.0833. The molecule has 2 rings (SSSR count). The first kappa shape index (κ1) is 12.6. The molecule has 17 heavy (non-hydrogen) atoms. The molecular formula is C12H10Cl2N2S. The average Bonchev–Trinajstić information content (AvgIpc) is 2.27. The minimum Gasteiger partial charge on any atom is -0.399 e. The molecule has 0 aliphatic carbocycles. The first-order valence-electron chi connectivity index (χ1n) is 4.94. The smallest absolute Gasteiger partial charge is 0.132 e. The fourth-order valence-corrected chi connectivity index (χ4v) is 2.82. The van der Waals surface area contributed by atoms with E-state index in [0.717, 1.165) is 21.4 Å². The lowest BCUT2D eigenvalue weighted by atomic mass is 10.2. The highest BCUT2D eigenvalue weighted by atomic mass is 35.5. The molecular weight excluding hydrogens is 275 g/mol. The van der Waals surface area contributed by atoms with Crippen LogP contribution < -0.4 is 5.73 Å². The third-order valence-corrected chi connectivity index (χ3v) is 3.65. The van der Waals surface area contributed by atoms with Gasteiger partial charge in [0.2, 0.25) is 0 Å². The third-order valence-electron chi connectivity index (χ3n) is 2.13. The topological polar surface area (TPSA) is 38.9 Å². The maximum Gasteiger partial charge on any atom is 0.132 e. The number of anilines is 1. The van der Waals surface area contributed by atoms with Crippen molar-refractivity contribution in [3.63, 3.8) is 0 Å². The predicted octanol–water partition coefficient (Wildman–Crippen LogP) is 4.26. The van der Waals surface area contributed by atoms with Gasteiger partial charge < -0.3 is 5.73 Å². The third kappa shape index (κ3) is 3.53. The van der Waals surface area contributed by atoms with Crippen LogP contribution in [0.15, 0.2) is 41.4 Å². The number of benzene rings is 1. The Balaban J connectivity index is 2.10. The van der Waals surface area contributed by atoms with E-state index >= 15 is 0 Å². The summed E-state index contributed by atoms with van der Waals surface area (Å²) in [6.45, 7) is 0. The van der Waals surface area contributed by atoms with E-state index in [4.69, 9.17) is 28.9 Å². The summed E-state index contributed by atoms with van der Waals surface area (Å²) in [6, 6.07) is 11.2. The number of halogens is 2. The van der Waals surface area contributed by atoms with Crippen molar-refractivity contribution in [1.29, 1.82) is 0 Å². The van der Waals surface area contributed by atoms with Gasteiger partial charge in [0.05, 0.1) is 0 Å². The van der Waals surface area contributed by atoms with E-state index < -0.39 is 0 Å². The molecule has 0 fully saturated rings. The highest BCUT2D eigenvalue weighted by molar-refractivity contribution is 7.98. The molecule has 2 nitrogen and oxygen atoms in total. The van der Waals surface area contributed by atoms with Gasteiger partial charge in [-0.1, -0.05) is 41.4 Å². The van der Waals surface area contributed by atoms with Crippen LogP contribution in [0.5, 0.6) is 0 Å². The molecule has 1 aromatic carbocycles. The maximum absolute atomic E-state index is 6.07. The van der Waals surface area contributed by atoms with Gasteiger partial charge in [-0.3, -0.25) is 0 Å². The van der Waals surface area contributed by atoms with E-state index in [1.807, 2.05) is 24.3 Å². The zero-order valence-electron chi connectivity index (χ0n) is 8.86. The fourth-order valence-electron chi connectivity index (χ4n) is 1.33. The number of nitrogen functional groups attached to an aromatic ring is 1. The minimum atomic E-state index is 0.409. The quantitative estimate of drug-likeness (QED) is 0.676. The lowest BCUT2D eigenvalue weighted by molar-refractivity contribution is 1.13. The number of thioether (sulfide) groups is 1. The number of pyridine rings is 1. The number of nitrogens with two attached hydrogens (primary N) is 1. The first-order valence-corrected chi connectivity index (χ1v) is 6.68. The Morgan fingerprint density at radius 1 is 1.18 bits per heavy atom. The van der Waals surface area contributed by atoms with Crippen LogP contribution in [0.2, 0.25) is 10.2 Å². The summed E-state index contributed by atoms with van der Waals surface area (Å²) >= 11 is 13.5. The average molecular weight is 285 g/mol. The Kier molecular flexibility index (Phi) is 4.15. The van der Waals surface area contributed by atoms with Gasteiger partial charge in [0.1, 0.15) is 10.2 Å². The number of rotatable bonds is 3. The molecule has 5 heteroatoms. The molecule has 0 amide bonds. The lowest BCUT2D eigenvalue weighted by Gasteiger charge is -2.04. The molecule has 0 aliphatic rings. The van der Waals surface area contributed by atoms with Crippen LogP contribution >= 0.6 is 35.0 Å². The summed E-state index contributed by atoms with van der Waals surface area (Å²) in [7, 11) is 0. The molecule has 0 aliphatic heterocycles. The van der Waals surface area contributed by atoms with Gasteiger partial charge in [0.25, 0.3) is 0 Å². The molecule has 1 aromatic heterocycles. The van der Waals surface area contributed by atoms with Crippen molar-refractivity contribution < 1.29 is 0 Å². The van der Waals surface area contributed by atoms with E-state index in [0.29, 0.717) is 10.8 Å². The zero-order chi connectivity index (χ0) is 12.3. The Morgan fingerprint density at radius 2 is 1.94 bits per heavy atom. The highest BCUT2D eigenvalue weighted by Gasteiger charge is 2.03. The molecule has 0 saturated heterocycles. The van der Waals surface area contributed by atoms with E-state index in [1.165, 1.54) is 0 Å². The van der Waals surface area contributed by atoms with Crippen molar-refractivity contribution in [1.82, 2.24) is 4.98 Å². The summed E-state index contributed by atoms with van der Waals surface area (Å²) in [5, 5.41) is 1.97. The summed E-state index contributed by atoms with van der Waals surface area (Å²) < 4.78 is 0. The Morgan fingerprint density at radius 3 is 2.65 bits per heavy atom. The van der Waals surface area contributed by atoms with Crippen LogP contribution in [-0.2, 0) is 5.75 Å². The Hall–Kier alpha value is -0.900. The van der Waals surface area contributed by atoms with Crippen molar-refractivity contribution >= 4 is 40.7 Å². The van der Waals surface area contributed by atoms with Crippen LogP contribution in [-0.4, -0.2) is 4.98 Å². The largest absolute Gasteiger partial charge is 0.399 e. The number of nitrogens with zero attached hydrogens (tertiary/aromatic N) is 1. The van der Waals surface area contributed by atoms with E-state index in [2.05, 4.69) is 4.98 Å². The highest BCUT2D eigenvalue weighted by Crippen LogP contribution is 2.27. The second-order valence-electron chi connectivity index (χ2n) is 3.44. The molecule has 0 unspecified atom stereocenters. The molecule has 0 bridgehead atoms. The van der Waals surface area contributed by atoms with Crippen LogP contribution in [0, 0.1) is 0 Å². The molecule has 0 radical (unpaired) electrons. The molecule has 2 aromatic rings. The van der Waals surface area contributed by atoms with Gasteiger partial charge in [-0.25, -0.2) is 4.98 Å². The Labute approximate surface area is 114 Å². The number of aromatic nitrogens is 1. The minimum absolute atomic E-state index is 0.409. The maximum atomic E-state index is 6.07. The standard InChI is InChI=1S/C12H10Cl2N2S/c13-10-4-2-1-3-8(10)7-17-12-6-9(15)5-11(14)16-12/h1-6H,7H2,(H2,15,16). The summed E-state index contributed by atoms with van der Waals surface area (Å²) in [5.74, 6) is 0.743. The van der Waals surface area contributed by atoms with Crippen molar-refractivity contribution in [2.75, 3.05) is 5.73 Å². The van der Waals surface area contributed by atoms with Gasteiger partial charge in [-0.15, -0.1) is 11.8 Å². The molecule has 0 spiro atoms. The van der Waals surface area contributed by atoms with Gasteiger partial charge in [0.15, 0.2) is 0 Å². The number of hydrogen-bond donors (Lipinski definition) is 1. The summed E-state index contributed by atoms with van der Waals surface area (Å²) in [6.07, 6.45) is 0.